The lowest BCUT2D eigenvalue weighted by atomic mass is 10.1. The van der Waals surface area contributed by atoms with Crippen molar-refractivity contribution in [3.63, 3.8) is 0 Å². The number of nitrogens with one attached hydrogen (secondary N) is 2. The van der Waals surface area contributed by atoms with Crippen LogP contribution in [0.3, 0.4) is 0 Å². The van der Waals surface area contributed by atoms with Gasteiger partial charge in [0.1, 0.15) is 23.9 Å². The molecule has 0 aliphatic heterocycles. The molecule has 1 heterocycles. The summed E-state index contributed by atoms with van der Waals surface area (Å²) in [5.41, 5.74) is 3.66. The van der Waals surface area contributed by atoms with E-state index in [1.807, 2.05) is 20.8 Å². The first-order valence-corrected chi connectivity index (χ1v) is 12.5. The summed E-state index contributed by atoms with van der Waals surface area (Å²) in [6, 6.07) is 12.4. The highest BCUT2D eigenvalue weighted by atomic mass is 19.1. The Hall–Kier alpha value is -4.50. The van der Waals surface area contributed by atoms with Gasteiger partial charge in [-0.2, -0.15) is 0 Å². The van der Waals surface area contributed by atoms with Crippen LogP contribution < -0.4 is 15.4 Å². The number of aliphatic hydroxyl groups excluding tert-OH is 1. The van der Waals surface area contributed by atoms with Crippen molar-refractivity contribution in [2.75, 3.05) is 23.8 Å². The summed E-state index contributed by atoms with van der Waals surface area (Å²) >= 11 is 0. The second-order valence-corrected chi connectivity index (χ2v) is 8.83. The van der Waals surface area contributed by atoms with Crippen molar-refractivity contribution in [2.24, 2.45) is 0 Å². The quantitative estimate of drug-likeness (QED) is 0.147. The molecule has 0 fully saturated rings. The zero-order valence-electron chi connectivity index (χ0n) is 22.2. The fourth-order valence-corrected chi connectivity index (χ4v) is 3.66. The Morgan fingerprint density at radius 3 is 2.62 bits per heavy atom. The molecule has 3 rings (SSSR count). The van der Waals surface area contributed by atoms with E-state index in [9.17, 15) is 14.0 Å². The number of allylic oxidation sites excluding steroid dienone is 2. The monoisotopic (exact) mass is 533 g/mol. The van der Waals surface area contributed by atoms with Crippen molar-refractivity contribution in [3.8, 4) is 11.5 Å². The molecule has 204 valence electrons. The number of hydrogen-bond donors (Lipinski definition) is 3. The molecular weight excluding hydrogens is 501 g/mol. The summed E-state index contributed by atoms with van der Waals surface area (Å²) in [4.78, 5) is 29.0. The number of rotatable bonds is 11. The van der Waals surface area contributed by atoms with Gasteiger partial charge in [0.25, 0.3) is 0 Å². The van der Waals surface area contributed by atoms with Crippen molar-refractivity contribution < 1.29 is 28.6 Å². The number of hydrogen-bond acceptors (Lipinski definition) is 6. The molecular formula is C30H32FN3O5. The number of ether oxygens (including phenoxy) is 2. The van der Waals surface area contributed by atoms with Crippen molar-refractivity contribution >= 4 is 28.9 Å². The average molecular weight is 534 g/mol. The van der Waals surface area contributed by atoms with Crippen molar-refractivity contribution in [1.82, 2.24) is 4.98 Å². The number of aromatic nitrogens is 1. The Morgan fingerprint density at radius 1 is 1.10 bits per heavy atom. The highest BCUT2D eigenvalue weighted by Crippen LogP contribution is 2.29. The predicted octanol–water partition coefficient (Wildman–Crippen LogP) is 6.55. The molecule has 0 atom stereocenters. The topological polar surface area (TPSA) is 110 Å². The first kappa shape index (κ1) is 29.1. The van der Waals surface area contributed by atoms with Crippen molar-refractivity contribution in [3.05, 3.63) is 95.6 Å². The molecule has 3 aromatic rings. The van der Waals surface area contributed by atoms with Gasteiger partial charge in [-0.1, -0.05) is 26.0 Å². The molecule has 2 aromatic carbocycles. The molecule has 9 heteroatoms. The highest BCUT2D eigenvalue weighted by molar-refractivity contribution is 6.00. The lowest BCUT2D eigenvalue weighted by molar-refractivity contribution is -0.140. The van der Waals surface area contributed by atoms with Gasteiger partial charge in [-0.3, -0.25) is 4.98 Å². The normalized spacial score (nSPS) is 11.1. The number of anilines is 2. The number of benzene rings is 2. The largest absolute Gasteiger partial charge is 0.460 e. The van der Waals surface area contributed by atoms with E-state index in [4.69, 9.17) is 14.6 Å². The second kappa shape index (κ2) is 13.9. The third kappa shape index (κ3) is 8.51. The predicted molar refractivity (Wildman–Crippen MR) is 149 cm³/mol. The molecule has 0 unspecified atom stereocenters. The molecule has 0 bridgehead atoms. The molecule has 0 aliphatic rings. The molecule has 2 amide bonds. The van der Waals surface area contributed by atoms with Gasteiger partial charge in [0.2, 0.25) is 0 Å². The van der Waals surface area contributed by atoms with E-state index in [-0.39, 0.29) is 18.9 Å². The van der Waals surface area contributed by atoms with Crippen LogP contribution in [-0.2, 0) is 9.53 Å². The number of carbonyl (C=O) groups excluding carboxylic acids is 2. The number of aliphatic hydroxyl groups is 1. The van der Waals surface area contributed by atoms with Crippen LogP contribution >= 0.6 is 0 Å². The number of esters is 1. The molecule has 39 heavy (non-hydrogen) atoms. The van der Waals surface area contributed by atoms with Gasteiger partial charge in [-0.25, -0.2) is 14.0 Å². The Labute approximate surface area is 227 Å². The molecule has 0 saturated heterocycles. The molecule has 0 radical (unpaired) electrons. The van der Waals surface area contributed by atoms with E-state index >= 15 is 0 Å². The molecule has 0 aliphatic carbocycles. The first-order chi connectivity index (χ1) is 18.7. The highest BCUT2D eigenvalue weighted by Gasteiger charge is 2.13. The van der Waals surface area contributed by atoms with Gasteiger partial charge in [0.15, 0.2) is 0 Å². The van der Waals surface area contributed by atoms with Crippen molar-refractivity contribution in [2.45, 2.75) is 33.6 Å². The maximum Gasteiger partial charge on any atom is 0.334 e. The summed E-state index contributed by atoms with van der Waals surface area (Å²) in [5.74, 6) is 0.0458. The van der Waals surface area contributed by atoms with Crippen molar-refractivity contribution in [1.29, 1.82) is 0 Å². The van der Waals surface area contributed by atoms with Crippen LogP contribution in [0.25, 0.3) is 5.57 Å². The van der Waals surface area contributed by atoms with E-state index in [1.165, 1.54) is 6.07 Å². The van der Waals surface area contributed by atoms with Gasteiger partial charge in [0.05, 0.1) is 18.0 Å². The maximum absolute atomic E-state index is 13.9. The molecule has 0 spiro atoms. The summed E-state index contributed by atoms with van der Waals surface area (Å²) in [5, 5.41) is 14.1. The average Bonchev–Trinajstić information content (AvgIpc) is 2.90. The Balaban J connectivity index is 1.69. The Kier molecular flexibility index (Phi) is 10.3. The summed E-state index contributed by atoms with van der Waals surface area (Å²) in [7, 11) is 0. The third-order valence-electron chi connectivity index (χ3n) is 5.55. The lowest BCUT2D eigenvalue weighted by Gasteiger charge is -2.13. The number of nitrogens with zero attached hydrogens (tertiary/aromatic N) is 1. The van der Waals surface area contributed by atoms with E-state index in [2.05, 4.69) is 22.2 Å². The molecule has 3 N–H and O–H groups in total. The SMILES string of the molecule is C=C(C=C(CCC)C(=O)OCCO)c1cc(Oc2ccc(NC(=O)Nc3cc(C)ccc3F)cc2C)ccn1. The van der Waals surface area contributed by atoms with Crippen LogP contribution in [0.15, 0.2) is 73.0 Å². The minimum Gasteiger partial charge on any atom is -0.460 e. The zero-order chi connectivity index (χ0) is 28.4. The number of halogens is 1. The van der Waals surface area contributed by atoms with Crippen LogP contribution in [0, 0.1) is 19.7 Å². The number of amides is 2. The fourth-order valence-electron chi connectivity index (χ4n) is 3.66. The number of pyridine rings is 1. The maximum atomic E-state index is 13.9. The van der Waals surface area contributed by atoms with Crippen LogP contribution in [0.2, 0.25) is 0 Å². The van der Waals surface area contributed by atoms with E-state index in [0.717, 1.165) is 17.5 Å². The minimum atomic E-state index is -0.569. The van der Waals surface area contributed by atoms with Gasteiger partial charge in [0, 0.05) is 23.5 Å². The third-order valence-corrected chi connectivity index (χ3v) is 5.55. The standard InChI is InChI=1S/C30H32FN3O5/c1-5-6-22(29(36)38-14-13-35)16-20(3)26-18-24(11-12-32-26)39-28-10-8-23(17-21(28)4)33-30(37)34-27-15-19(2)7-9-25(27)31/h7-12,15-18,35H,3,5-6,13-14H2,1-2,4H3,(H2,33,34,37). The first-order valence-electron chi connectivity index (χ1n) is 12.5. The Bertz CT molecular complexity index is 1390. The summed E-state index contributed by atoms with van der Waals surface area (Å²) < 4.78 is 25.0. The molecule has 8 nitrogen and oxygen atoms in total. The van der Waals surface area contributed by atoms with E-state index in [0.29, 0.717) is 40.4 Å². The summed E-state index contributed by atoms with van der Waals surface area (Å²) in [6.45, 7) is 9.30. The van der Waals surface area contributed by atoms with Gasteiger partial charge in [-0.05, 0) is 79.4 Å². The lowest BCUT2D eigenvalue weighted by Crippen LogP contribution is -2.20. The molecule has 0 saturated carbocycles. The van der Waals surface area contributed by atoms with Crippen LogP contribution in [-0.4, -0.2) is 35.3 Å². The smallest absolute Gasteiger partial charge is 0.334 e. The van der Waals surface area contributed by atoms with Gasteiger partial charge in [-0.15, -0.1) is 0 Å². The van der Waals surface area contributed by atoms with E-state index < -0.39 is 17.8 Å². The van der Waals surface area contributed by atoms with Crippen LogP contribution in [0.5, 0.6) is 11.5 Å². The number of urea groups is 1. The minimum absolute atomic E-state index is 0.0719. The summed E-state index contributed by atoms with van der Waals surface area (Å²) in [6.07, 6.45) is 4.44. The van der Waals surface area contributed by atoms with Crippen LogP contribution in [0.4, 0.5) is 20.6 Å². The van der Waals surface area contributed by atoms with Gasteiger partial charge >= 0.3 is 12.0 Å². The van der Waals surface area contributed by atoms with Crippen LogP contribution in [0.1, 0.15) is 36.6 Å². The second-order valence-electron chi connectivity index (χ2n) is 8.83. The van der Waals surface area contributed by atoms with Gasteiger partial charge < -0.3 is 25.2 Å². The zero-order valence-corrected chi connectivity index (χ0v) is 22.2. The number of carbonyl (C=O) groups is 2. The fraction of sp³-hybridized carbons (Fsp3) is 0.233. The number of aryl methyl sites for hydroxylation is 2. The molecule has 1 aromatic heterocycles. The van der Waals surface area contributed by atoms with E-state index in [1.54, 1.807) is 54.7 Å². The Morgan fingerprint density at radius 2 is 1.90 bits per heavy atom.